The first-order chi connectivity index (χ1) is 14.2. The molecule has 0 radical (unpaired) electrons. The number of oxime groups is 1. The molecule has 0 bridgehead atoms. The van der Waals surface area contributed by atoms with E-state index in [2.05, 4.69) is 17.3 Å². The van der Waals surface area contributed by atoms with E-state index in [0.717, 1.165) is 29.7 Å². The predicted octanol–water partition coefficient (Wildman–Crippen LogP) is 5.08. The summed E-state index contributed by atoms with van der Waals surface area (Å²) in [5, 5.41) is 13.3. The number of nitrogens with zero attached hydrogens (tertiary/aromatic N) is 1. The third kappa shape index (κ3) is 6.93. The number of carboxylic acid groups (broad SMARTS) is 1. The molecule has 1 fully saturated rings. The standard InChI is InChI=1S/C24H29NO4/c26-23(27)18-28-22-15-7-9-19(17-22)10-8-16-29-25-24(20-11-3-1-4-12-20)21-13-5-2-6-14-21/h1,3-4,7,9,11-12,15,17,21H,2,5-6,8,10,13-14,16,18H2,(H,26,27)/b25-24+. The third-order valence-corrected chi connectivity index (χ3v) is 5.19. The van der Waals surface area contributed by atoms with Crippen LogP contribution in [-0.2, 0) is 16.1 Å². The van der Waals surface area contributed by atoms with Crippen LogP contribution in [0.2, 0.25) is 0 Å². The molecule has 0 spiro atoms. The van der Waals surface area contributed by atoms with Crippen molar-refractivity contribution >= 4 is 11.7 Å². The van der Waals surface area contributed by atoms with E-state index in [1.165, 1.54) is 32.1 Å². The molecule has 1 aliphatic carbocycles. The summed E-state index contributed by atoms with van der Waals surface area (Å²) in [4.78, 5) is 16.3. The molecule has 1 N–H and O–H groups in total. The van der Waals surface area contributed by atoms with Crippen LogP contribution < -0.4 is 4.74 Å². The number of hydrogen-bond donors (Lipinski definition) is 1. The summed E-state index contributed by atoms with van der Waals surface area (Å²) in [6, 6.07) is 17.9. The number of carbonyl (C=O) groups is 1. The minimum atomic E-state index is -0.978. The lowest BCUT2D eigenvalue weighted by Gasteiger charge is -2.23. The van der Waals surface area contributed by atoms with Crippen molar-refractivity contribution in [2.24, 2.45) is 11.1 Å². The summed E-state index contributed by atoms with van der Waals surface area (Å²) in [7, 11) is 0. The molecular formula is C24H29NO4. The number of hydrogen-bond acceptors (Lipinski definition) is 4. The molecular weight excluding hydrogens is 366 g/mol. The average molecular weight is 395 g/mol. The van der Waals surface area contributed by atoms with Crippen molar-refractivity contribution in [1.82, 2.24) is 0 Å². The van der Waals surface area contributed by atoms with Crippen molar-refractivity contribution < 1.29 is 19.5 Å². The van der Waals surface area contributed by atoms with Gasteiger partial charge in [0.05, 0.1) is 5.71 Å². The molecule has 29 heavy (non-hydrogen) atoms. The molecule has 2 aromatic rings. The van der Waals surface area contributed by atoms with Crippen LogP contribution in [0.25, 0.3) is 0 Å². The van der Waals surface area contributed by atoms with Gasteiger partial charge in [-0.15, -0.1) is 0 Å². The summed E-state index contributed by atoms with van der Waals surface area (Å²) >= 11 is 0. The highest BCUT2D eigenvalue weighted by atomic mass is 16.6. The van der Waals surface area contributed by atoms with Gasteiger partial charge in [-0.25, -0.2) is 4.79 Å². The van der Waals surface area contributed by atoms with E-state index < -0.39 is 5.97 Å². The van der Waals surface area contributed by atoms with E-state index in [1.807, 2.05) is 36.4 Å². The fourth-order valence-electron chi connectivity index (χ4n) is 3.74. The minimum Gasteiger partial charge on any atom is -0.482 e. The number of rotatable bonds is 10. The lowest BCUT2D eigenvalue weighted by Crippen LogP contribution is -2.19. The molecule has 5 nitrogen and oxygen atoms in total. The van der Waals surface area contributed by atoms with E-state index in [4.69, 9.17) is 14.7 Å². The van der Waals surface area contributed by atoms with E-state index >= 15 is 0 Å². The second-order valence-electron chi connectivity index (χ2n) is 7.44. The molecule has 0 unspecified atom stereocenters. The maximum atomic E-state index is 10.6. The Kier molecular flexibility index (Phi) is 8.11. The lowest BCUT2D eigenvalue weighted by atomic mass is 9.83. The summed E-state index contributed by atoms with van der Waals surface area (Å²) in [5.41, 5.74) is 3.33. The maximum Gasteiger partial charge on any atom is 0.341 e. The van der Waals surface area contributed by atoms with Gasteiger partial charge in [0.25, 0.3) is 0 Å². The lowest BCUT2D eigenvalue weighted by molar-refractivity contribution is -0.139. The first-order valence-corrected chi connectivity index (χ1v) is 10.4. The van der Waals surface area contributed by atoms with Gasteiger partial charge >= 0.3 is 5.97 Å². The highest BCUT2D eigenvalue weighted by molar-refractivity contribution is 6.01. The van der Waals surface area contributed by atoms with Gasteiger partial charge in [-0.1, -0.05) is 66.9 Å². The van der Waals surface area contributed by atoms with Gasteiger partial charge in [-0.3, -0.25) is 0 Å². The van der Waals surface area contributed by atoms with Crippen LogP contribution in [0.15, 0.2) is 59.8 Å². The van der Waals surface area contributed by atoms with E-state index in [9.17, 15) is 4.79 Å². The van der Waals surface area contributed by atoms with Gasteiger partial charge < -0.3 is 14.7 Å². The minimum absolute atomic E-state index is 0.329. The van der Waals surface area contributed by atoms with Gasteiger partial charge in [0, 0.05) is 5.92 Å². The third-order valence-electron chi connectivity index (χ3n) is 5.19. The Bertz CT molecular complexity index is 798. The van der Waals surface area contributed by atoms with Crippen LogP contribution in [0.5, 0.6) is 5.75 Å². The molecule has 3 rings (SSSR count). The number of benzene rings is 2. The number of aliphatic carboxylic acids is 1. The van der Waals surface area contributed by atoms with Gasteiger partial charge in [0.15, 0.2) is 6.61 Å². The predicted molar refractivity (Wildman–Crippen MR) is 113 cm³/mol. The van der Waals surface area contributed by atoms with Crippen molar-refractivity contribution in [1.29, 1.82) is 0 Å². The Labute approximate surface area is 172 Å². The second-order valence-corrected chi connectivity index (χ2v) is 7.44. The maximum absolute atomic E-state index is 10.6. The highest BCUT2D eigenvalue weighted by Crippen LogP contribution is 2.27. The topological polar surface area (TPSA) is 68.1 Å². The Balaban J connectivity index is 1.52. The van der Waals surface area contributed by atoms with E-state index in [0.29, 0.717) is 18.3 Å². The van der Waals surface area contributed by atoms with Crippen LogP contribution in [0.1, 0.15) is 49.7 Å². The fraction of sp³-hybridized carbons (Fsp3) is 0.417. The Morgan fingerprint density at radius 2 is 1.83 bits per heavy atom. The SMILES string of the molecule is O=C(O)COc1cccc(CCCO/N=C(\c2ccccc2)C2CCCCC2)c1. The molecule has 0 heterocycles. The van der Waals surface area contributed by atoms with Crippen LogP contribution in [-0.4, -0.2) is 30.0 Å². The second kappa shape index (κ2) is 11.2. The molecule has 2 aromatic carbocycles. The quantitative estimate of drug-likeness (QED) is 0.346. The monoisotopic (exact) mass is 395 g/mol. The van der Waals surface area contributed by atoms with Crippen LogP contribution in [0.3, 0.4) is 0 Å². The fourth-order valence-corrected chi connectivity index (χ4v) is 3.74. The zero-order valence-corrected chi connectivity index (χ0v) is 16.8. The van der Waals surface area contributed by atoms with Crippen molar-refractivity contribution in [3.8, 4) is 5.75 Å². The normalized spacial score (nSPS) is 15.1. The van der Waals surface area contributed by atoms with Crippen molar-refractivity contribution in [3.63, 3.8) is 0 Å². The molecule has 1 aliphatic rings. The largest absolute Gasteiger partial charge is 0.482 e. The zero-order valence-electron chi connectivity index (χ0n) is 16.8. The number of ether oxygens (including phenoxy) is 1. The van der Waals surface area contributed by atoms with Crippen LogP contribution in [0.4, 0.5) is 0 Å². The Hall–Kier alpha value is -2.82. The van der Waals surface area contributed by atoms with E-state index in [-0.39, 0.29) is 6.61 Å². The van der Waals surface area contributed by atoms with Crippen LogP contribution >= 0.6 is 0 Å². The Morgan fingerprint density at radius 1 is 1.03 bits per heavy atom. The molecule has 5 heteroatoms. The van der Waals surface area contributed by atoms with Crippen LogP contribution in [0, 0.1) is 5.92 Å². The van der Waals surface area contributed by atoms with Crippen molar-refractivity contribution in [3.05, 3.63) is 65.7 Å². The zero-order chi connectivity index (χ0) is 20.3. The Morgan fingerprint density at radius 3 is 2.59 bits per heavy atom. The molecule has 0 amide bonds. The molecule has 0 saturated heterocycles. The molecule has 1 saturated carbocycles. The van der Waals surface area contributed by atoms with Gasteiger partial charge in [0.2, 0.25) is 0 Å². The molecule has 0 atom stereocenters. The molecule has 154 valence electrons. The number of carboxylic acids is 1. The smallest absolute Gasteiger partial charge is 0.341 e. The summed E-state index contributed by atoms with van der Waals surface area (Å²) < 4.78 is 5.23. The van der Waals surface area contributed by atoms with Crippen molar-refractivity contribution in [2.75, 3.05) is 13.2 Å². The average Bonchev–Trinajstić information content (AvgIpc) is 2.76. The highest BCUT2D eigenvalue weighted by Gasteiger charge is 2.21. The van der Waals surface area contributed by atoms with Gasteiger partial charge in [0.1, 0.15) is 12.4 Å². The summed E-state index contributed by atoms with van der Waals surface area (Å²) in [6.45, 7) is 0.216. The summed E-state index contributed by atoms with van der Waals surface area (Å²) in [6.07, 6.45) is 7.85. The van der Waals surface area contributed by atoms with Crippen molar-refractivity contribution in [2.45, 2.75) is 44.9 Å². The first kappa shape index (κ1) is 20.9. The van der Waals surface area contributed by atoms with E-state index in [1.54, 1.807) is 6.07 Å². The summed E-state index contributed by atoms with van der Waals surface area (Å²) in [5.74, 6) is 0.0792. The first-order valence-electron chi connectivity index (χ1n) is 10.4. The number of aryl methyl sites for hydroxylation is 1. The van der Waals surface area contributed by atoms with Gasteiger partial charge in [-0.2, -0.15) is 0 Å². The van der Waals surface area contributed by atoms with Gasteiger partial charge in [-0.05, 0) is 48.9 Å². The molecule has 0 aromatic heterocycles. The molecule has 0 aliphatic heterocycles.